The van der Waals surface area contributed by atoms with Gasteiger partial charge in [0.1, 0.15) is 5.75 Å². The molecule has 1 N–H and O–H groups in total. The maximum atomic E-state index is 10.8. The van der Waals surface area contributed by atoms with Gasteiger partial charge in [-0.2, -0.15) is 0 Å². The lowest BCUT2D eigenvalue weighted by Gasteiger charge is -2.18. The quantitative estimate of drug-likeness (QED) is 0.488. The molecule has 0 bridgehead atoms. The fraction of sp³-hybridized carbons (Fsp3) is 0.571. The average molecular weight is 266 g/mol. The fourth-order valence-corrected chi connectivity index (χ4v) is 1.70. The molecule has 5 heteroatoms. The summed E-state index contributed by atoms with van der Waals surface area (Å²) in [6.45, 7) is 7.99. The molecule has 0 unspecified atom stereocenters. The molecule has 19 heavy (non-hydrogen) atoms. The number of nitrogens with one attached hydrogen (secondary N) is 1. The maximum Gasteiger partial charge on any atom is 0.270 e. The first-order chi connectivity index (χ1) is 8.83. The maximum absolute atomic E-state index is 10.8. The first-order valence-corrected chi connectivity index (χ1v) is 6.35. The zero-order chi connectivity index (χ0) is 14.5. The highest BCUT2D eigenvalue weighted by molar-refractivity contribution is 5.43. The number of nitro benzene ring substituents is 1. The van der Waals surface area contributed by atoms with E-state index in [1.807, 2.05) is 0 Å². The van der Waals surface area contributed by atoms with Crippen molar-refractivity contribution in [3.63, 3.8) is 0 Å². The molecule has 106 valence electrons. The van der Waals surface area contributed by atoms with Gasteiger partial charge in [-0.05, 0) is 24.4 Å². The zero-order valence-corrected chi connectivity index (χ0v) is 12.0. The van der Waals surface area contributed by atoms with Gasteiger partial charge in [0.15, 0.2) is 0 Å². The molecule has 0 atom stereocenters. The summed E-state index contributed by atoms with van der Waals surface area (Å²) in [5.74, 6) is 0.675. The fourth-order valence-electron chi connectivity index (χ4n) is 1.70. The summed E-state index contributed by atoms with van der Waals surface area (Å²) >= 11 is 0. The minimum atomic E-state index is -0.391. The summed E-state index contributed by atoms with van der Waals surface area (Å²) in [6, 6.07) is 4.65. The van der Waals surface area contributed by atoms with Gasteiger partial charge in [0.25, 0.3) is 5.69 Å². The number of methoxy groups -OCH3 is 1. The van der Waals surface area contributed by atoms with Crippen molar-refractivity contribution in [2.24, 2.45) is 5.41 Å². The van der Waals surface area contributed by atoms with Crippen molar-refractivity contribution in [1.29, 1.82) is 0 Å². The van der Waals surface area contributed by atoms with E-state index in [4.69, 9.17) is 4.74 Å². The van der Waals surface area contributed by atoms with E-state index < -0.39 is 4.92 Å². The van der Waals surface area contributed by atoms with Crippen molar-refractivity contribution in [1.82, 2.24) is 5.32 Å². The molecule has 0 radical (unpaired) electrons. The van der Waals surface area contributed by atoms with Crippen LogP contribution in [0.5, 0.6) is 5.75 Å². The van der Waals surface area contributed by atoms with Crippen molar-refractivity contribution in [2.45, 2.75) is 33.7 Å². The zero-order valence-electron chi connectivity index (χ0n) is 12.0. The number of rotatable bonds is 6. The number of non-ortho nitro benzene ring substituents is 1. The predicted molar refractivity (Wildman–Crippen MR) is 75.4 cm³/mol. The van der Waals surface area contributed by atoms with Crippen LogP contribution in [0.2, 0.25) is 0 Å². The summed E-state index contributed by atoms with van der Waals surface area (Å²) in [5, 5.41) is 14.1. The third-order valence-electron chi connectivity index (χ3n) is 2.84. The van der Waals surface area contributed by atoms with Gasteiger partial charge >= 0.3 is 0 Å². The molecule has 0 saturated carbocycles. The van der Waals surface area contributed by atoms with Gasteiger partial charge in [-0.15, -0.1) is 0 Å². The molecule has 0 fully saturated rings. The Morgan fingerprint density at radius 2 is 2.05 bits per heavy atom. The Labute approximate surface area is 114 Å². The molecular formula is C14H22N2O3. The summed E-state index contributed by atoms with van der Waals surface area (Å²) in [4.78, 5) is 10.4. The summed E-state index contributed by atoms with van der Waals surface area (Å²) in [5.41, 5.74) is 1.18. The molecule has 0 aromatic heterocycles. The Kier molecular flexibility index (Phi) is 5.30. The van der Waals surface area contributed by atoms with E-state index in [0.29, 0.717) is 12.3 Å². The Balaban J connectivity index is 2.65. The van der Waals surface area contributed by atoms with Crippen LogP contribution in [0.4, 0.5) is 5.69 Å². The first kappa shape index (κ1) is 15.4. The van der Waals surface area contributed by atoms with Crippen LogP contribution in [0.3, 0.4) is 0 Å². The van der Waals surface area contributed by atoms with Gasteiger partial charge in [-0.3, -0.25) is 10.1 Å². The average Bonchev–Trinajstić information content (AvgIpc) is 2.33. The molecule has 0 heterocycles. The number of nitro groups is 1. The van der Waals surface area contributed by atoms with E-state index in [0.717, 1.165) is 18.5 Å². The van der Waals surface area contributed by atoms with Gasteiger partial charge in [0.2, 0.25) is 0 Å². The predicted octanol–water partition coefficient (Wildman–Crippen LogP) is 3.13. The van der Waals surface area contributed by atoms with Crippen LogP contribution in [-0.2, 0) is 6.54 Å². The normalized spacial score (nSPS) is 11.4. The molecule has 1 aromatic carbocycles. The Hall–Kier alpha value is -1.62. The first-order valence-electron chi connectivity index (χ1n) is 6.35. The van der Waals surface area contributed by atoms with E-state index in [1.165, 1.54) is 6.07 Å². The molecule has 1 rings (SSSR count). The van der Waals surface area contributed by atoms with Crippen LogP contribution in [0, 0.1) is 15.5 Å². The molecule has 0 amide bonds. The molecule has 0 spiro atoms. The van der Waals surface area contributed by atoms with Crippen LogP contribution >= 0.6 is 0 Å². The Morgan fingerprint density at radius 1 is 1.37 bits per heavy atom. The SMILES string of the molecule is COc1ccc([N+](=O)[O-])cc1CNCCC(C)(C)C. The number of hydrogen-bond acceptors (Lipinski definition) is 4. The lowest BCUT2D eigenvalue weighted by Crippen LogP contribution is -2.20. The second kappa shape index (κ2) is 6.52. The third-order valence-corrected chi connectivity index (χ3v) is 2.84. The molecule has 5 nitrogen and oxygen atoms in total. The standard InChI is InChI=1S/C14H22N2O3/c1-14(2,3)7-8-15-10-11-9-12(16(17)18)5-6-13(11)19-4/h5-6,9,15H,7-8,10H2,1-4H3. The molecule has 1 aromatic rings. The molecule has 0 aliphatic heterocycles. The van der Waals surface area contributed by atoms with E-state index >= 15 is 0 Å². The number of nitrogens with zero attached hydrogens (tertiary/aromatic N) is 1. The van der Waals surface area contributed by atoms with E-state index in [-0.39, 0.29) is 11.1 Å². The van der Waals surface area contributed by atoms with E-state index in [2.05, 4.69) is 26.1 Å². The number of ether oxygens (including phenoxy) is 1. The highest BCUT2D eigenvalue weighted by Crippen LogP contribution is 2.24. The third kappa shape index (κ3) is 5.26. The van der Waals surface area contributed by atoms with Gasteiger partial charge in [-0.1, -0.05) is 20.8 Å². The van der Waals surface area contributed by atoms with Crippen LogP contribution < -0.4 is 10.1 Å². The smallest absolute Gasteiger partial charge is 0.270 e. The second-order valence-electron chi connectivity index (χ2n) is 5.74. The lowest BCUT2D eigenvalue weighted by atomic mass is 9.92. The molecular weight excluding hydrogens is 244 g/mol. The Morgan fingerprint density at radius 3 is 2.58 bits per heavy atom. The van der Waals surface area contributed by atoms with Crippen LogP contribution in [0.15, 0.2) is 18.2 Å². The molecule has 0 aliphatic rings. The minimum absolute atomic E-state index is 0.0911. The van der Waals surface area contributed by atoms with Crippen molar-refractivity contribution in [3.8, 4) is 5.75 Å². The summed E-state index contributed by atoms with van der Waals surface area (Å²) in [7, 11) is 1.57. The largest absolute Gasteiger partial charge is 0.496 e. The molecule has 0 saturated heterocycles. The number of benzene rings is 1. The van der Waals surface area contributed by atoms with E-state index in [9.17, 15) is 10.1 Å². The van der Waals surface area contributed by atoms with Gasteiger partial charge in [0.05, 0.1) is 12.0 Å². The van der Waals surface area contributed by atoms with Gasteiger partial charge in [0, 0.05) is 24.2 Å². The second-order valence-corrected chi connectivity index (χ2v) is 5.74. The van der Waals surface area contributed by atoms with Crippen molar-refractivity contribution in [2.75, 3.05) is 13.7 Å². The summed E-state index contributed by atoms with van der Waals surface area (Å²) in [6.07, 6.45) is 1.05. The highest BCUT2D eigenvalue weighted by Gasteiger charge is 2.12. The number of hydrogen-bond donors (Lipinski definition) is 1. The van der Waals surface area contributed by atoms with Gasteiger partial charge in [-0.25, -0.2) is 0 Å². The van der Waals surface area contributed by atoms with Crippen molar-refractivity contribution >= 4 is 5.69 Å². The lowest BCUT2D eigenvalue weighted by molar-refractivity contribution is -0.384. The minimum Gasteiger partial charge on any atom is -0.496 e. The Bertz CT molecular complexity index is 439. The molecule has 0 aliphatic carbocycles. The topological polar surface area (TPSA) is 64.4 Å². The van der Waals surface area contributed by atoms with Crippen LogP contribution in [0.25, 0.3) is 0 Å². The van der Waals surface area contributed by atoms with E-state index in [1.54, 1.807) is 19.2 Å². The van der Waals surface area contributed by atoms with Crippen molar-refractivity contribution < 1.29 is 9.66 Å². The van der Waals surface area contributed by atoms with Crippen molar-refractivity contribution in [3.05, 3.63) is 33.9 Å². The van der Waals surface area contributed by atoms with Gasteiger partial charge < -0.3 is 10.1 Å². The highest BCUT2D eigenvalue weighted by atomic mass is 16.6. The van der Waals surface area contributed by atoms with Crippen LogP contribution in [-0.4, -0.2) is 18.6 Å². The monoisotopic (exact) mass is 266 g/mol. The van der Waals surface area contributed by atoms with Crippen LogP contribution in [0.1, 0.15) is 32.8 Å². The summed E-state index contributed by atoms with van der Waals surface area (Å²) < 4.78 is 5.22.